The van der Waals surface area contributed by atoms with Crippen LogP contribution in [0.1, 0.15) is 6.92 Å². The van der Waals surface area contributed by atoms with Crippen LogP contribution in [0.15, 0.2) is 15.6 Å². The van der Waals surface area contributed by atoms with Gasteiger partial charge in [0.1, 0.15) is 4.91 Å². The van der Waals surface area contributed by atoms with E-state index >= 15 is 0 Å². The van der Waals surface area contributed by atoms with Crippen LogP contribution in [0.25, 0.3) is 0 Å². The van der Waals surface area contributed by atoms with Gasteiger partial charge in [0.15, 0.2) is 11.1 Å². The quantitative estimate of drug-likeness (QED) is 0.446. The zero-order chi connectivity index (χ0) is 8.15. The smallest absolute Gasteiger partial charge is 0.189 e. The molecule has 3 N–H and O–H groups in total. The molecule has 0 aromatic rings. The van der Waals surface area contributed by atoms with E-state index in [2.05, 4.69) is 4.99 Å². The molecule has 0 radical (unpaired) electrons. The van der Waals surface area contributed by atoms with Crippen LogP contribution in [0.4, 0.5) is 0 Å². The fourth-order valence-electron chi connectivity index (χ4n) is 0.402. The van der Waals surface area contributed by atoms with E-state index in [9.17, 15) is 4.21 Å². The number of aliphatic imine (C=N–C) groups is 1. The van der Waals surface area contributed by atoms with Crippen LogP contribution in [0, 0.1) is 0 Å². The molecule has 5 heteroatoms. The highest BCUT2D eigenvalue weighted by molar-refractivity contribution is 7.84. The summed E-state index contributed by atoms with van der Waals surface area (Å²) in [5.41, 5.74) is 5.57. The molecule has 0 aliphatic carbocycles. The number of rotatable bonds is 2. The molecule has 0 aromatic carbocycles. The lowest BCUT2D eigenvalue weighted by Crippen LogP contribution is -2.04. The number of hydrogen-bond acceptors (Lipinski definition) is 3. The molecule has 1 atom stereocenters. The maximum atomic E-state index is 10.4. The van der Waals surface area contributed by atoms with Gasteiger partial charge in [-0.15, -0.1) is 0 Å². The summed E-state index contributed by atoms with van der Waals surface area (Å²) in [6.45, 7) is 1.55. The molecular formula is C5H10N2O2S. The van der Waals surface area contributed by atoms with Crippen molar-refractivity contribution in [1.82, 2.24) is 0 Å². The summed E-state index contributed by atoms with van der Waals surface area (Å²) in [4.78, 5) is 3.72. The minimum Gasteiger partial charge on any atom is -0.401 e. The lowest BCUT2D eigenvalue weighted by atomic mass is 10.5. The van der Waals surface area contributed by atoms with Gasteiger partial charge < -0.3 is 10.3 Å². The molecule has 0 saturated carbocycles. The predicted molar refractivity (Wildman–Crippen MR) is 42.1 cm³/mol. The minimum atomic E-state index is -2.03. The second-order valence-electron chi connectivity index (χ2n) is 1.68. The van der Waals surface area contributed by atoms with Crippen LogP contribution in [-0.2, 0) is 11.1 Å². The molecule has 0 bridgehead atoms. The first kappa shape index (κ1) is 9.32. The summed E-state index contributed by atoms with van der Waals surface area (Å²) >= 11 is -2.03. The summed E-state index contributed by atoms with van der Waals surface area (Å²) in [6.07, 6.45) is 1.27. The van der Waals surface area contributed by atoms with E-state index in [-0.39, 0.29) is 4.91 Å². The van der Waals surface area contributed by atoms with Crippen molar-refractivity contribution in [2.24, 2.45) is 10.7 Å². The average Bonchev–Trinajstić information content (AvgIpc) is 1.81. The Balaban J connectivity index is 4.61. The van der Waals surface area contributed by atoms with Gasteiger partial charge in [0.05, 0.1) is 0 Å². The number of hydrogen-bond donors (Lipinski definition) is 2. The average molecular weight is 162 g/mol. The minimum absolute atomic E-state index is 0.155. The third-order valence-electron chi connectivity index (χ3n) is 0.823. The third kappa shape index (κ3) is 2.75. The van der Waals surface area contributed by atoms with Gasteiger partial charge >= 0.3 is 0 Å². The highest BCUT2D eigenvalue weighted by atomic mass is 32.2. The largest absolute Gasteiger partial charge is 0.401 e. The fraction of sp³-hybridized carbons (Fsp3) is 0.400. The van der Waals surface area contributed by atoms with E-state index in [4.69, 9.17) is 10.3 Å². The molecule has 0 fully saturated rings. The first-order valence-electron chi connectivity index (χ1n) is 2.59. The normalized spacial score (nSPS) is 17.1. The monoisotopic (exact) mass is 162 g/mol. The molecule has 1 unspecified atom stereocenters. The molecule has 58 valence electrons. The first-order valence-corrected chi connectivity index (χ1v) is 3.69. The molecule has 0 rings (SSSR count). The molecule has 0 aliphatic heterocycles. The summed E-state index contributed by atoms with van der Waals surface area (Å²) in [5.74, 6) is 0. The van der Waals surface area contributed by atoms with Crippen LogP contribution in [0.3, 0.4) is 0 Å². The lowest BCUT2D eigenvalue weighted by Gasteiger charge is -1.95. The summed E-state index contributed by atoms with van der Waals surface area (Å²) < 4.78 is 19.0. The Hall–Kier alpha value is -0.680. The van der Waals surface area contributed by atoms with Crippen molar-refractivity contribution in [3.05, 3.63) is 10.6 Å². The van der Waals surface area contributed by atoms with Gasteiger partial charge in [-0.1, -0.05) is 0 Å². The first-order chi connectivity index (χ1) is 4.59. The van der Waals surface area contributed by atoms with Gasteiger partial charge in [-0.05, 0) is 6.92 Å². The van der Waals surface area contributed by atoms with Crippen LogP contribution in [-0.4, -0.2) is 22.0 Å². The van der Waals surface area contributed by atoms with Crippen molar-refractivity contribution in [1.29, 1.82) is 0 Å². The SMILES string of the molecule is CN=CC(=C(C)N)S(=O)O. The second-order valence-corrected chi connectivity index (χ2v) is 2.62. The molecule has 0 heterocycles. The number of nitrogens with zero attached hydrogens (tertiary/aromatic N) is 1. The molecule has 0 aliphatic rings. The zero-order valence-corrected chi connectivity index (χ0v) is 6.68. The maximum Gasteiger partial charge on any atom is 0.189 e. The van der Waals surface area contributed by atoms with Gasteiger partial charge in [0.2, 0.25) is 0 Å². The lowest BCUT2D eigenvalue weighted by molar-refractivity contribution is 0.572. The van der Waals surface area contributed by atoms with Gasteiger partial charge in [0, 0.05) is 19.0 Å². The standard InChI is InChI=1S/C5H10N2O2S/c1-4(6)5(3-7-2)10(8)9/h3H,6H2,1-2H3,(H,8,9). The Morgan fingerprint density at radius 3 is 2.40 bits per heavy atom. The van der Waals surface area contributed by atoms with Crippen molar-refractivity contribution in [3.8, 4) is 0 Å². The van der Waals surface area contributed by atoms with E-state index in [1.807, 2.05) is 0 Å². The van der Waals surface area contributed by atoms with E-state index in [1.165, 1.54) is 13.3 Å². The molecule has 0 spiro atoms. The van der Waals surface area contributed by atoms with E-state index in [1.54, 1.807) is 6.92 Å². The number of allylic oxidation sites excluding steroid dienone is 2. The molecular weight excluding hydrogens is 152 g/mol. The van der Waals surface area contributed by atoms with Gasteiger partial charge in [0.25, 0.3) is 0 Å². The van der Waals surface area contributed by atoms with Crippen LogP contribution in [0.2, 0.25) is 0 Å². The van der Waals surface area contributed by atoms with E-state index in [0.29, 0.717) is 5.70 Å². The highest BCUT2D eigenvalue weighted by Gasteiger charge is 2.02. The molecule has 10 heavy (non-hydrogen) atoms. The Bertz CT molecular complexity index is 194. The van der Waals surface area contributed by atoms with Gasteiger partial charge in [-0.2, -0.15) is 0 Å². The topological polar surface area (TPSA) is 75.7 Å². The Morgan fingerprint density at radius 2 is 2.30 bits per heavy atom. The Labute approximate surface area is 62.1 Å². The van der Waals surface area contributed by atoms with Crippen LogP contribution < -0.4 is 5.73 Å². The third-order valence-corrected chi connectivity index (χ3v) is 1.63. The summed E-state index contributed by atoms with van der Waals surface area (Å²) in [7, 11) is 1.51. The second kappa shape index (κ2) is 4.19. The van der Waals surface area contributed by atoms with Gasteiger partial charge in [-0.3, -0.25) is 4.99 Å². The zero-order valence-electron chi connectivity index (χ0n) is 5.87. The van der Waals surface area contributed by atoms with E-state index in [0.717, 1.165) is 0 Å². The van der Waals surface area contributed by atoms with Crippen LogP contribution >= 0.6 is 0 Å². The van der Waals surface area contributed by atoms with Crippen molar-refractivity contribution >= 4 is 17.3 Å². The fourth-order valence-corrected chi connectivity index (χ4v) is 0.873. The summed E-state index contributed by atoms with van der Waals surface area (Å²) in [6, 6.07) is 0. The number of nitrogens with two attached hydrogens (primary N) is 1. The van der Waals surface area contributed by atoms with Crippen molar-refractivity contribution in [3.63, 3.8) is 0 Å². The van der Waals surface area contributed by atoms with Crippen LogP contribution in [0.5, 0.6) is 0 Å². The Morgan fingerprint density at radius 1 is 1.80 bits per heavy atom. The maximum absolute atomic E-state index is 10.4. The van der Waals surface area contributed by atoms with E-state index < -0.39 is 11.1 Å². The van der Waals surface area contributed by atoms with Crippen molar-refractivity contribution in [2.45, 2.75) is 6.92 Å². The molecule has 0 aromatic heterocycles. The highest BCUT2D eigenvalue weighted by Crippen LogP contribution is 1.98. The molecule has 0 amide bonds. The molecule has 0 saturated heterocycles. The Kier molecular flexibility index (Phi) is 3.90. The predicted octanol–water partition coefficient (Wildman–Crippen LogP) is 0.0989. The molecule has 4 nitrogen and oxygen atoms in total. The summed E-state index contributed by atoms with van der Waals surface area (Å²) in [5, 5.41) is 0. The van der Waals surface area contributed by atoms with Crippen molar-refractivity contribution < 1.29 is 8.76 Å². The van der Waals surface area contributed by atoms with Gasteiger partial charge in [-0.25, -0.2) is 4.21 Å². The van der Waals surface area contributed by atoms with Crippen molar-refractivity contribution in [2.75, 3.05) is 7.05 Å².